The van der Waals surface area contributed by atoms with E-state index in [9.17, 15) is 0 Å². The maximum atomic E-state index is 5.61. The van der Waals surface area contributed by atoms with E-state index in [2.05, 4.69) is 5.48 Å². The number of hydrogen-bond acceptors (Lipinski definition) is 3. The molecule has 0 amide bonds. The fourth-order valence-electron chi connectivity index (χ4n) is 0.453. The van der Waals surface area contributed by atoms with Crippen LogP contribution in [0.2, 0.25) is 4.34 Å². The molecule has 0 aliphatic heterocycles. The minimum absolute atomic E-state index is 0. The first-order valence-corrected chi connectivity index (χ1v) is 3.61. The van der Waals surface area contributed by atoms with E-state index in [1.54, 1.807) is 13.1 Å². The number of hydroxylamine groups is 1. The highest BCUT2D eigenvalue weighted by Crippen LogP contribution is 2.27. The molecule has 1 aromatic heterocycles. The van der Waals surface area contributed by atoms with Gasteiger partial charge in [0.05, 0.1) is 4.34 Å². The van der Waals surface area contributed by atoms with Gasteiger partial charge in [0.2, 0.25) is 5.06 Å². The van der Waals surface area contributed by atoms with Gasteiger partial charge in [0, 0.05) is 7.05 Å². The molecule has 0 bridgehead atoms. The monoisotopic (exact) mass is 199 g/mol. The van der Waals surface area contributed by atoms with Gasteiger partial charge < -0.3 is 4.84 Å². The summed E-state index contributed by atoms with van der Waals surface area (Å²) in [6, 6.07) is 3.60. The minimum Gasteiger partial charge on any atom is -0.398 e. The van der Waals surface area contributed by atoms with Crippen molar-refractivity contribution >= 4 is 35.3 Å². The van der Waals surface area contributed by atoms with E-state index in [0.29, 0.717) is 0 Å². The Balaban J connectivity index is 0.000000810. The van der Waals surface area contributed by atoms with Crippen molar-refractivity contribution in [2.75, 3.05) is 7.05 Å². The van der Waals surface area contributed by atoms with Crippen LogP contribution in [0.3, 0.4) is 0 Å². The van der Waals surface area contributed by atoms with Crippen LogP contribution in [0.25, 0.3) is 0 Å². The zero-order valence-corrected chi connectivity index (χ0v) is 7.65. The first kappa shape index (κ1) is 10.0. The molecule has 0 radical (unpaired) electrons. The molecule has 0 saturated heterocycles. The van der Waals surface area contributed by atoms with Crippen LogP contribution in [-0.2, 0) is 0 Å². The number of rotatable bonds is 2. The van der Waals surface area contributed by atoms with Crippen LogP contribution in [-0.4, -0.2) is 7.05 Å². The molecule has 1 rings (SSSR count). The fourth-order valence-corrected chi connectivity index (χ4v) is 1.33. The Morgan fingerprint density at radius 3 is 2.70 bits per heavy atom. The number of hydrogen-bond donors (Lipinski definition) is 1. The molecule has 0 unspecified atom stereocenters. The Kier molecular flexibility index (Phi) is 4.81. The van der Waals surface area contributed by atoms with Crippen molar-refractivity contribution < 1.29 is 4.84 Å². The van der Waals surface area contributed by atoms with Crippen molar-refractivity contribution in [2.45, 2.75) is 0 Å². The second-order valence-corrected chi connectivity index (χ2v) is 3.04. The van der Waals surface area contributed by atoms with Gasteiger partial charge in [0.25, 0.3) is 0 Å². The highest BCUT2D eigenvalue weighted by atomic mass is 35.5. The van der Waals surface area contributed by atoms with E-state index in [4.69, 9.17) is 16.4 Å². The molecule has 0 spiro atoms. The summed E-state index contributed by atoms with van der Waals surface area (Å²) in [7, 11) is 1.70. The first-order chi connectivity index (χ1) is 4.33. The number of thiophene rings is 1. The lowest BCUT2D eigenvalue weighted by molar-refractivity contribution is 0.231. The number of halogens is 2. The Labute approximate surface area is 74.5 Å². The minimum atomic E-state index is 0. The zero-order chi connectivity index (χ0) is 6.69. The number of nitrogens with one attached hydrogen (secondary N) is 1. The summed E-state index contributed by atoms with van der Waals surface area (Å²) in [6.45, 7) is 0. The Hall–Kier alpha value is 0.0400. The van der Waals surface area contributed by atoms with E-state index >= 15 is 0 Å². The SMILES string of the molecule is CNOc1ccc(Cl)s1.Cl. The first-order valence-electron chi connectivity index (χ1n) is 2.42. The molecule has 2 nitrogen and oxygen atoms in total. The standard InChI is InChI=1S/C5H6ClNOS.ClH/c1-7-8-5-3-2-4(6)9-5;/h2-3,7H,1H3;1H. The van der Waals surface area contributed by atoms with Crippen molar-refractivity contribution in [1.82, 2.24) is 5.48 Å². The summed E-state index contributed by atoms with van der Waals surface area (Å²) in [5, 5.41) is 0.780. The van der Waals surface area contributed by atoms with Crippen LogP contribution in [0.4, 0.5) is 0 Å². The van der Waals surface area contributed by atoms with Gasteiger partial charge in [-0.25, -0.2) is 0 Å². The van der Waals surface area contributed by atoms with Gasteiger partial charge in [0.15, 0.2) is 0 Å². The lowest BCUT2D eigenvalue weighted by Crippen LogP contribution is -2.09. The third kappa shape index (κ3) is 2.75. The van der Waals surface area contributed by atoms with Gasteiger partial charge in [-0.3, -0.25) is 0 Å². The third-order valence-electron chi connectivity index (χ3n) is 0.751. The summed E-state index contributed by atoms with van der Waals surface area (Å²) >= 11 is 7.00. The van der Waals surface area contributed by atoms with Gasteiger partial charge >= 0.3 is 0 Å². The smallest absolute Gasteiger partial charge is 0.202 e. The van der Waals surface area contributed by atoms with Crippen molar-refractivity contribution in [1.29, 1.82) is 0 Å². The van der Waals surface area contributed by atoms with E-state index < -0.39 is 0 Å². The molecule has 5 heteroatoms. The molecule has 58 valence electrons. The molecule has 0 fully saturated rings. The molecule has 0 saturated carbocycles. The summed E-state index contributed by atoms with van der Waals surface area (Å²) in [5.41, 5.74) is 2.55. The van der Waals surface area contributed by atoms with Crippen LogP contribution in [0.15, 0.2) is 12.1 Å². The molecule has 0 aromatic carbocycles. The van der Waals surface area contributed by atoms with E-state index in [-0.39, 0.29) is 12.4 Å². The van der Waals surface area contributed by atoms with Gasteiger partial charge in [-0.05, 0) is 12.1 Å². The average molecular weight is 200 g/mol. The van der Waals surface area contributed by atoms with Crippen LogP contribution in [0, 0.1) is 0 Å². The quantitative estimate of drug-likeness (QED) is 0.739. The Bertz CT molecular complexity index is 192. The molecular weight excluding hydrogens is 193 g/mol. The van der Waals surface area contributed by atoms with Crippen molar-refractivity contribution in [3.8, 4) is 5.06 Å². The highest BCUT2D eigenvalue weighted by Gasteiger charge is 1.95. The Morgan fingerprint density at radius 1 is 1.60 bits per heavy atom. The maximum Gasteiger partial charge on any atom is 0.202 e. The summed E-state index contributed by atoms with van der Waals surface area (Å²) < 4.78 is 0.736. The van der Waals surface area contributed by atoms with E-state index in [1.165, 1.54) is 11.3 Å². The van der Waals surface area contributed by atoms with Gasteiger partial charge in [-0.2, -0.15) is 5.48 Å². The van der Waals surface area contributed by atoms with Gasteiger partial charge in [0.1, 0.15) is 0 Å². The summed E-state index contributed by atoms with van der Waals surface area (Å²) in [6.07, 6.45) is 0. The van der Waals surface area contributed by atoms with Crippen LogP contribution in [0.5, 0.6) is 5.06 Å². The lowest BCUT2D eigenvalue weighted by Gasteiger charge is -1.94. The topological polar surface area (TPSA) is 21.3 Å². The highest BCUT2D eigenvalue weighted by molar-refractivity contribution is 7.17. The molecule has 0 aliphatic carbocycles. The van der Waals surface area contributed by atoms with Crippen molar-refractivity contribution in [2.24, 2.45) is 0 Å². The van der Waals surface area contributed by atoms with Crippen LogP contribution < -0.4 is 10.3 Å². The van der Waals surface area contributed by atoms with E-state index in [0.717, 1.165) is 9.40 Å². The molecule has 0 aliphatic rings. The largest absolute Gasteiger partial charge is 0.398 e. The van der Waals surface area contributed by atoms with Crippen molar-refractivity contribution in [3.63, 3.8) is 0 Å². The predicted octanol–water partition coefficient (Wildman–Crippen LogP) is 2.34. The lowest BCUT2D eigenvalue weighted by atomic mass is 10.7. The second-order valence-electron chi connectivity index (χ2n) is 1.36. The van der Waals surface area contributed by atoms with Gasteiger partial charge in [-0.15, -0.1) is 12.4 Å². The third-order valence-corrected chi connectivity index (χ3v) is 1.86. The van der Waals surface area contributed by atoms with Gasteiger partial charge in [-0.1, -0.05) is 22.9 Å². The average Bonchev–Trinajstić information content (AvgIpc) is 2.17. The summed E-state index contributed by atoms with van der Waals surface area (Å²) in [5.74, 6) is 0. The zero-order valence-electron chi connectivity index (χ0n) is 5.26. The van der Waals surface area contributed by atoms with E-state index in [1.807, 2.05) is 6.07 Å². The molecule has 0 atom stereocenters. The predicted molar refractivity (Wildman–Crippen MR) is 46.3 cm³/mol. The summed E-state index contributed by atoms with van der Waals surface area (Å²) in [4.78, 5) is 4.91. The fraction of sp³-hybridized carbons (Fsp3) is 0.200. The van der Waals surface area contributed by atoms with Crippen LogP contribution in [0.1, 0.15) is 0 Å². The Morgan fingerprint density at radius 2 is 2.30 bits per heavy atom. The van der Waals surface area contributed by atoms with Crippen molar-refractivity contribution in [3.05, 3.63) is 16.5 Å². The second kappa shape index (κ2) is 4.79. The molecule has 1 aromatic rings. The normalized spacial score (nSPS) is 8.60. The maximum absolute atomic E-state index is 5.61. The molecule has 10 heavy (non-hydrogen) atoms. The van der Waals surface area contributed by atoms with Crippen LogP contribution >= 0.6 is 35.3 Å². The molecular formula is C5H7Cl2NOS. The molecule has 1 N–H and O–H groups in total. The molecule has 1 heterocycles.